The first-order valence-electron chi connectivity index (χ1n) is 4.77. The van der Waals surface area contributed by atoms with Gasteiger partial charge >= 0.3 is 0 Å². The molecule has 0 aliphatic rings. The highest BCUT2D eigenvalue weighted by Crippen LogP contribution is 2.20. The van der Waals surface area contributed by atoms with Crippen molar-refractivity contribution in [1.29, 1.82) is 0 Å². The second kappa shape index (κ2) is 4.06. The minimum absolute atomic E-state index is 0.0650. The fourth-order valence-electron chi connectivity index (χ4n) is 1.48. The van der Waals surface area contributed by atoms with Crippen molar-refractivity contribution in [3.8, 4) is 0 Å². The summed E-state index contributed by atoms with van der Waals surface area (Å²) >= 11 is 3.39. The number of nitrogens with one attached hydrogen (secondary N) is 2. The molecule has 0 atom stereocenters. The minimum Gasteiger partial charge on any atom is -0.351 e. The van der Waals surface area contributed by atoms with Gasteiger partial charge in [-0.15, -0.1) is 0 Å². The van der Waals surface area contributed by atoms with Gasteiger partial charge in [0, 0.05) is 21.9 Å². The maximum Gasteiger partial charge on any atom is 0.267 e. The zero-order valence-corrected chi connectivity index (χ0v) is 9.89. The first kappa shape index (κ1) is 10.2. The topological polar surface area (TPSA) is 44.9 Å². The van der Waals surface area contributed by atoms with E-state index < -0.39 is 0 Å². The molecule has 2 N–H and O–H groups in total. The number of carbonyl (C=O) groups is 1. The number of fused-ring (bicyclic) bond motifs is 1. The van der Waals surface area contributed by atoms with E-state index in [-0.39, 0.29) is 5.91 Å². The molecule has 15 heavy (non-hydrogen) atoms. The molecule has 1 aromatic heterocycles. The SMILES string of the molecule is CCNC(=O)c1cc2ccc(Br)cc2[nH]1. The first-order valence-corrected chi connectivity index (χ1v) is 5.56. The summed E-state index contributed by atoms with van der Waals surface area (Å²) in [6, 6.07) is 7.74. The first-order chi connectivity index (χ1) is 7.20. The highest BCUT2D eigenvalue weighted by Gasteiger charge is 2.07. The zero-order valence-electron chi connectivity index (χ0n) is 8.30. The van der Waals surface area contributed by atoms with Crippen molar-refractivity contribution in [3.63, 3.8) is 0 Å². The molecule has 1 heterocycles. The summed E-state index contributed by atoms with van der Waals surface area (Å²) in [4.78, 5) is 14.6. The monoisotopic (exact) mass is 266 g/mol. The second-order valence-corrected chi connectivity index (χ2v) is 4.19. The van der Waals surface area contributed by atoms with Gasteiger partial charge in [0.2, 0.25) is 0 Å². The Labute approximate surface area is 96.0 Å². The number of rotatable bonds is 2. The summed E-state index contributed by atoms with van der Waals surface area (Å²) in [5.74, 6) is -0.0650. The minimum atomic E-state index is -0.0650. The molecule has 4 heteroatoms. The van der Waals surface area contributed by atoms with E-state index in [1.807, 2.05) is 31.2 Å². The Morgan fingerprint density at radius 3 is 3.00 bits per heavy atom. The fourth-order valence-corrected chi connectivity index (χ4v) is 1.84. The van der Waals surface area contributed by atoms with Crippen LogP contribution in [0.2, 0.25) is 0 Å². The molecule has 2 rings (SSSR count). The number of halogens is 1. The molecule has 1 aromatic carbocycles. The number of aromatic nitrogens is 1. The normalized spacial score (nSPS) is 10.5. The van der Waals surface area contributed by atoms with Crippen LogP contribution in [-0.4, -0.2) is 17.4 Å². The molecule has 78 valence electrons. The van der Waals surface area contributed by atoms with Crippen LogP contribution in [-0.2, 0) is 0 Å². The van der Waals surface area contributed by atoms with Gasteiger partial charge in [-0.25, -0.2) is 0 Å². The average Bonchev–Trinajstić information content (AvgIpc) is 2.60. The molecule has 0 aliphatic carbocycles. The number of amides is 1. The van der Waals surface area contributed by atoms with Gasteiger partial charge in [-0.1, -0.05) is 22.0 Å². The predicted molar refractivity (Wildman–Crippen MR) is 64.0 cm³/mol. The third-order valence-electron chi connectivity index (χ3n) is 2.17. The molecule has 0 bridgehead atoms. The van der Waals surface area contributed by atoms with E-state index in [2.05, 4.69) is 26.2 Å². The third kappa shape index (κ3) is 2.04. The molecule has 0 unspecified atom stereocenters. The van der Waals surface area contributed by atoms with Gasteiger partial charge in [-0.3, -0.25) is 4.79 Å². The Morgan fingerprint density at radius 2 is 2.27 bits per heavy atom. The maximum atomic E-state index is 11.5. The van der Waals surface area contributed by atoms with Crippen LogP contribution in [0.5, 0.6) is 0 Å². The van der Waals surface area contributed by atoms with Crippen molar-refractivity contribution in [3.05, 3.63) is 34.4 Å². The number of aromatic amines is 1. The van der Waals surface area contributed by atoms with E-state index in [4.69, 9.17) is 0 Å². The van der Waals surface area contributed by atoms with Gasteiger partial charge in [0.25, 0.3) is 5.91 Å². The van der Waals surface area contributed by atoms with Gasteiger partial charge < -0.3 is 10.3 Å². The van der Waals surface area contributed by atoms with Crippen molar-refractivity contribution in [1.82, 2.24) is 10.3 Å². The van der Waals surface area contributed by atoms with Crippen LogP contribution in [0.25, 0.3) is 10.9 Å². The van der Waals surface area contributed by atoms with E-state index in [1.54, 1.807) is 0 Å². The van der Waals surface area contributed by atoms with E-state index in [0.717, 1.165) is 15.4 Å². The zero-order chi connectivity index (χ0) is 10.8. The summed E-state index contributed by atoms with van der Waals surface area (Å²) < 4.78 is 0.999. The van der Waals surface area contributed by atoms with Crippen LogP contribution in [0.1, 0.15) is 17.4 Å². The van der Waals surface area contributed by atoms with Crippen LogP contribution in [0.3, 0.4) is 0 Å². The Morgan fingerprint density at radius 1 is 1.47 bits per heavy atom. The Balaban J connectivity index is 2.42. The van der Waals surface area contributed by atoms with Crippen molar-refractivity contribution in [2.75, 3.05) is 6.54 Å². The molecule has 1 amide bonds. The summed E-state index contributed by atoms with van der Waals surface area (Å²) in [7, 11) is 0. The van der Waals surface area contributed by atoms with Crippen molar-refractivity contribution in [2.45, 2.75) is 6.92 Å². The molecule has 3 nitrogen and oxygen atoms in total. The number of carbonyl (C=O) groups excluding carboxylic acids is 1. The third-order valence-corrected chi connectivity index (χ3v) is 2.66. The smallest absolute Gasteiger partial charge is 0.267 e. The molecular formula is C11H11BrN2O. The number of benzene rings is 1. The van der Waals surface area contributed by atoms with Crippen LogP contribution in [0, 0.1) is 0 Å². The Bertz CT molecular complexity index is 504. The van der Waals surface area contributed by atoms with Crippen molar-refractivity contribution < 1.29 is 4.79 Å². The molecular weight excluding hydrogens is 256 g/mol. The summed E-state index contributed by atoms with van der Waals surface area (Å²) in [6.45, 7) is 2.54. The lowest BCUT2D eigenvalue weighted by Gasteiger charge is -1.96. The van der Waals surface area contributed by atoms with Gasteiger partial charge in [-0.05, 0) is 25.1 Å². The van der Waals surface area contributed by atoms with Gasteiger partial charge in [-0.2, -0.15) is 0 Å². The molecule has 0 aliphatic heterocycles. The quantitative estimate of drug-likeness (QED) is 0.863. The molecule has 0 saturated carbocycles. The highest BCUT2D eigenvalue weighted by atomic mass is 79.9. The van der Waals surface area contributed by atoms with E-state index in [9.17, 15) is 4.79 Å². The van der Waals surface area contributed by atoms with Crippen molar-refractivity contribution >= 4 is 32.7 Å². The molecule has 0 radical (unpaired) electrons. The van der Waals surface area contributed by atoms with Gasteiger partial charge in [0.1, 0.15) is 5.69 Å². The number of hydrogen-bond acceptors (Lipinski definition) is 1. The Hall–Kier alpha value is -1.29. The Kier molecular flexibility index (Phi) is 2.77. The van der Waals surface area contributed by atoms with Gasteiger partial charge in [0.05, 0.1) is 0 Å². The predicted octanol–water partition coefficient (Wildman–Crippen LogP) is 2.68. The van der Waals surface area contributed by atoms with Crippen molar-refractivity contribution in [2.24, 2.45) is 0 Å². The lowest BCUT2D eigenvalue weighted by Crippen LogP contribution is -2.22. The lowest BCUT2D eigenvalue weighted by molar-refractivity contribution is 0.0951. The second-order valence-electron chi connectivity index (χ2n) is 3.27. The highest BCUT2D eigenvalue weighted by molar-refractivity contribution is 9.10. The van der Waals surface area contributed by atoms with E-state index in [1.165, 1.54) is 0 Å². The largest absolute Gasteiger partial charge is 0.351 e. The molecule has 2 aromatic rings. The average molecular weight is 267 g/mol. The van der Waals surface area contributed by atoms with Crippen LogP contribution in [0.15, 0.2) is 28.7 Å². The van der Waals surface area contributed by atoms with Crippen LogP contribution < -0.4 is 5.32 Å². The van der Waals surface area contributed by atoms with Gasteiger partial charge in [0.15, 0.2) is 0 Å². The van der Waals surface area contributed by atoms with Crippen LogP contribution >= 0.6 is 15.9 Å². The van der Waals surface area contributed by atoms with E-state index in [0.29, 0.717) is 12.2 Å². The standard InChI is InChI=1S/C11H11BrN2O/c1-2-13-11(15)10-5-7-3-4-8(12)6-9(7)14-10/h3-6,14H,2H2,1H3,(H,13,15). The summed E-state index contributed by atoms with van der Waals surface area (Å²) in [5.41, 5.74) is 1.57. The molecule has 0 saturated heterocycles. The fraction of sp³-hybridized carbons (Fsp3) is 0.182. The number of hydrogen-bond donors (Lipinski definition) is 2. The number of H-pyrrole nitrogens is 1. The summed E-state index contributed by atoms with van der Waals surface area (Å²) in [5, 5.41) is 3.80. The van der Waals surface area contributed by atoms with Crippen LogP contribution in [0.4, 0.5) is 0 Å². The van der Waals surface area contributed by atoms with E-state index >= 15 is 0 Å². The lowest BCUT2D eigenvalue weighted by atomic mass is 10.2. The molecule has 0 spiro atoms. The molecule has 0 fully saturated rings. The summed E-state index contributed by atoms with van der Waals surface area (Å²) in [6.07, 6.45) is 0. The maximum absolute atomic E-state index is 11.5.